The van der Waals surface area contributed by atoms with Gasteiger partial charge < -0.3 is 10.5 Å². The van der Waals surface area contributed by atoms with E-state index in [0.29, 0.717) is 5.82 Å². The van der Waals surface area contributed by atoms with Crippen LogP contribution in [0.15, 0.2) is 36.4 Å². The number of pyridine rings is 1. The van der Waals surface area contributed by atoms with Gasteiger partial charge in [-0.15, -0.1) is 0 Å². The Bertz CT molecular complexity index is 593. The van der Waals surface area contributed by atoms with Crippen molar-refractivity contribution in [2.24, 2.45) is 0 Å². The number of aromatic nitrogens is 1. The van der Waals surface area contributed by atoms with Crippen molar-refractivity contribution in [1.29, 1.82) is 5.26 Å². The van der Waals surface area contributed by atoms with Crippen molar-refractivity contribution in [2.75, 3.05) is 5.73 Å². The summed E-state index contributed by atoms with van der Waals surface area (Å²) in [5, 5.41) is 8.58. The smallest absolute Gasteiger partial charge is 0.221 e. The van der Waals surface area contributed by atoms with Crippen molar-refractivity contribution in [3.63, 3.8) is 0 Å². The second-order valence-corrected chi connectivity index (χ2v) is 3.26. The van der Waals surface area contributed by atoms with Gasteiger partial charge in [-0.2, -0.15) is 10.2 Å². The highest BCUT2D eigenvalue weighted by atomic mass is 19.1. The quantitative estimate of drug-likeness (QED) is 0.858. The molecule has 1 aromatic carbocycles. The maximum absolute atomic E-state index is 13.3. The molecule has 0 saturated heterocycles. The Kier molecular flexibility index (Phi) is 2.88. The van der Waals surface area contributed by atoms with E-state index < -0.39 is 5.82 Å². The van der Waals surface area contributed by atoms with Gasteiger partial charge >= 0.3 is 0 Å². The first-order chi connectivity index (χ1) is 8.19. The van der Waals surface area contributed by atoms with E-state index >= 15 is 0 Å². The predicted molar refractivity (Wildman–Crippen MR) is 59.8 cm³/mol. The zero-order valence-corrected chi connectivity index (χ0v) is 8.72. The number of halogens is 1. The molecule has 0 spiro atoms. The minimum atomic E-state index is -0.631. The lowest BCUT2D eigenvalue weighted by Crippen LogP contribution is -1.93. The van der Waals surface area contributed by atoms with Gasteiger partial charge in [-0.1, -0.05) is 6.07 Å². The van der Waals surface area contributed by atoms with Gasteiger partial charge in [-0.3, -0.25) is 0 Å². The van der Waals surface area contributed by atoms with Gasteiger partial charge in [0.25, 0.3) is 0 Å². The Hall–Kier alpha value is -2.61. The molecule has 4 nitrogen and oxygen atoms in total. The summed E-state index contributed by atoms with van der Waals surface area (Å²) < 4.78 is 18.6. The number of hydrogen-bond acceptors (Lipinski definition) is 4. The highest BCUT2D eigenvalue weighted by Gasteiger charge is 2.05. The van der Waals surface area contributed by atoms with Crippen LogP contribution in [0, 0.1) is 17.1 Å². The van der Waals surface area contributed by atoms with Crippen LogP contribution >= 0.6 is 0 Å². The molecule has 0 saturated carbocycles. The third-order valence-electron chi connectivity index (χ3n) is 2.03. The molecule has 0 fully saturated rings. The standard InChI is InChI=1S/C12H8FN3O/c13-10-6-9(5-4-8(10)7-14)17-12-3-1-2-11(15)16-12/h1-6H,(H2,15,16). The van der Waals surface area contributed by atoms with Crippen LogP contribution in [0.25, 0.3) is 0 Å². The molecule has 0 amide bonds. The van der Waals surface area contributed by atoms with Crippen LogP contribution in [0.3, 0.4) is 0 Å². The van der Waals surface area contributed by atoms with Gasteiger partial charge in [-0.05, 0) is 18.2 Å². The fourth-order valence-electron chi connectivity index (χ4n) is 1.26. The van der Waals surface area contributed by atoms with Crippen LogP contribution in [0.5, 0.6) is 11.6 Å². The number of rotatable bonds is 2. The molecule has 5 heteroatoms. The summed E-state index contributed by atoms with van der Waals surface area (Å²) in [5.74, 6) is 0.222. The lowest BCUT2D eigenvalue weighted by Gasteiger charge is -2.05. The zero-order chi connectivity index (χ0) is 12.3. The van der Waals surface area contributed by atoms with Crippen molar-refractivity contribution in [3.8, 4) is 17.7 Å². The lowest BCUT2D eigenvalue weighted by atomic mass is 10.2. The van der Waals surface area contributed by atoms with Gasteiger partial charge in [0.05, 0.1) is 5.56 Å². The summed E-state index contributed by atoms with van der Waals surface area (Å²) in [6.45, 7) is 0. The van der Waals surface area contributed by atoms with Gasteiger partial charge in [0.15, 0.2) is 0 Å². The average Bonchev–Trinajstić information content (AvgIpc) is 2.29. The van der Waals surface area contributed by atoms with Crippen LogP contribution in [-0.4, -0.2) is 4.98 Å². The largest absolute Gasteiger partial charge is 0.439 e. The van der Waals surface area contributed by atoms with Crippen LogP contribution < -0.4 is 10.5 Å². The molecule has 0 aliphatic carbocycles. The minimum absolute atomic E-state index is 0.0297. The Labute approximate surface area is 97.1 Å². The second-order valence-electron chi connectivity index (χ2n) is 3.26. The molecule has 1 heterocycles. The highest BCUT2D eigenvalue weighted by Crippen LogP contribution is 2.22. The van der Waals surface area contributed by atoms with Gasteiger partial charge in [0.1, 0.15) is 23.5 Å². The number of nitrogens with zero attached hydrogens (tertiary/aromatic N) is 2. The average molecular weight is 229 g/mol. The number of anilines is 1. The molecule has 0 unspecified atom stereocenters. The number of benzene rings is 1. The third-order valence-corrected chi connectivity index (χ3v) is 2.03. The molecular formula is C12H8FN3O. The topological polar surface area (TPSA) is 71.9 Å². The Morgan fingerprint density at radius 3 is 2.76 bits per heavy atom. The van der Waals surface area contributed by atoms with Gasteiger partial charge in [0, 0.05) is 12.1 Å². The molecule has 84 valence electrons. The highest BCUT2D eigenvalue weighted by molar-refractivity contribution is 5.38. The van der Waals surface area contributed by atoms with E-state index in [9.17, 15) is 4.39 Å². The van der Waals surface area contributed by atoms with E-state index in [4.69, 9.17) is 15.7 Å². The number of nitrogen functional groups attached to an aromatic ring is 1. The van der Waals surface area contributed by atoms with Gasteiger partial charge in [0.2, 0.25) is 5.88 Å². The van der Waals surface area contributed by atoms with Crippen molar-refractivity contribution in [1.82, 2.24) is 4.98 Å². The fraction of sp³-hybridized carbons (Fsp3) is 0. The van der Waals surface area contributed by atoms with Crippen LogP contribution in [-0.2, 0) is 0 Å². The first kappa shape index (κ1) is 10.9. The minimum Gasteiger partial charge on any atom is -0.439 e. The monoisotopic (exact) mass is 229 g/mol. The predicted octanol–water partition coefficient (Wildman–Crippen LogP) is 2.47. The van der Waals surface area contributed by atoms with Crippen molar-refractivity contribution < 1.29 is 9.13 Å². The molecule has 1 aromatic heterocycles. The van der Waals surface area contributed by atoms with E-state index in [-0.39, 0.29) is 17.2 Å². The molecule has 2 rings (SSSR count). The summed E-state index contributed by atoms with van der Waals surface area (Å²) in [6.07, 6.45) is 0. The molecular weight excluding hydrogens is 221 g/mol. The summed E-state index contributed by atoms with van der Waals surface area (Å²) in [4.78, 5) is 3.91. The van der Waals surface area contributed by atoms with Crippen molar-refractivity contribution in [3.05, 3.63) is 47.8 Å². The summed E-state index contributed by atoms with van der Waals surface area (Å²) in [5.41, 5.74) is 5.45. The van der Waals surface area contributed by atoms with E-state index in [1.54, 1.807) is 24.3 Å². The molecule has 0 atom stereocenters. The Balaban J connectivity index is 2.25. The first-order valence-electron chi connectivity index (χ1n) is 4.79. The molecule has 0 radical (unpaired) electrons. The number of nitrogens with two attached hydrogens (primary N) is 1. The fourth-order valence-corrected chi connectivity index (χ4v) is 1.26. The first-order valence-corrected chi connectivity index (χ1v) is 4.79. The molecule has 2 N–H and O–H groups in total. The third kappa shape index (κ3) is 2.49. The molecule has 0 aliphatic heterocycles. The molecule has 2 aromatic rings. The van der Waals surface area contributed by atoms with E-state index in [2.05, 4.69) is 4.98 Å². The summed E-state index contributed by atoms with van der Waals surface area (Å²) >= 11 is 0. The zero-order valence-electron chi connectivity index (χ0n) is 8.72. The normalized spacial score (nSPS) is 9.65. The van der Waals surface area contributed by atoms with Gasteiger partial charge in [-0.25, -0.2) is 4.39 Å². The molecule has 0 aliphatic rings. The molecule has 0 bridgehead atoms. The van der Waals surface area contributed by atoms with Crippen LogP contribution in [0.2, 0.25) is 0 Å². The number of nitriles is 1. The number of hydrogen-bond donors (Lipinski definition) is 1. The maximum atomic E-state index is 13.3. The Morgan fingerprint density at radius 1 is 1.29 bits per heavy atom. The number of ether oxygens (including phenoxy) is 1. The Morgan fingerprint density at radius 2 is 2.12 bits per heavy atom. The second kappa shape index (κ2) is 4.49. The lowest BCUT2D eigenvalue weighted by molar-refractivity contribution is 0.459. The summed E-state index contributed by atoms with van der Waals surface area (Å²) in [7, 11) is 0. The maximum Gasteiger partial charge on any atom is 0.221 e. The summed E-state index contributed by atoms with van der Waals surface area (Å²) in [6, 6.07) is 10.6. The van der Waals surface area contributed by atoms with E-state index in [0.717, 1.165) is 6.07 Å². The van der Waals surface area contributed by atoms with Crippen molar-refractivity contribution >= 4 is 5.82 Å². The van der Waals surface area contributed by atoms with Crippen molar-refractivity contribution in [2.45, 2.75) is 0 Å². The van der Waals surface area contributed by atoms with E-state index in [1.807, 2.05) is 0 Å². The van der Waals surface area contributed by atoms with Crippen LogP contribution in [0.1, 0.15) is 5.56 Å². The van der Waals surface area contributed by atoms with Crippen LogP contribution in [0.4, 0.5) is 10.2 Å². The SMILES string of the molecule is N#Cc1ccc(Oc2cccc(N)n2)cc1F. The van der Waals surface area contributed by atoms with E-state index in [1.165, 1.54) is 12.1 Å². The molecule has 17 heavy (non-hydrogen) atoms.